The number of pyridine rings is 1. The molecule has 1 N–H and O–H groups in total. The van der Waals surface area contributed by atoms with E-state index in [0.717, 1.165) is 19.1 Å². The number of fused-ring (bicyclic) bond motifs is 1. The van der Waals surface area contributed by atoms with E-state index in [9.17, 15) is 0 Å². The van der Waals surface area contributed by atoms with Crippen molar-refractivity contribution in [2.75, 3.05) is 26.2 Å². The predicted molar refractivity (Wildman–Crippen MR) is 86.1 cm³/mol. The molecule has 116 valence electrons. The minimum Gasteiger partial charge on any atom is -0.310 e. The monoisotopic (exact) mass is 288 g/mol. The van der Waals surface area contributed by atoms with E-state index in [1.165, 1.54) is 50.3 Å². The Morgan fingerprint density at radius 1 is 1.29 bits per heavy atom. The lowest BCUT2D eigenvalue weighted by atomic mass is 10.1. The van der Waals surface area contributed by atoms with Gasteiger partial charge in [0.15, 0.2) is 0 Å². The fourth-order valence-electron chi connectivity index (χ4n) is 3.40. The van der Waals surface area contributed by atoms with Gasteiger partial charge in [0, 0.05) is 51.0 Å². The molecule has 0 radical (unpaired) electrons. The number of rotatable bonds is 5. The summed E-state index contributed by atoms with van der Waals surface area (Å²) in [6.45, 7) is 11.2. The molecule has 3 heterocycles. The maximum absolute atomic E-state index is 4.64. The molecule has 1 aromatic heterocycles. The maximum atomic E-state index is 4.64. The molecule has 0 aromatic carbocycles. The van der Waals surface area contributed by atoms with E-state index in [0.29, 0.717) is 6.04 Å². The first-order valence-corrected chi connectivity index (χ1v) is 8.34. The van der Waals surface area contributed by atoms with Crippen LogP contribution in [-0.2, 0) is 13.1 Å². The highest BCUT2D eigenvalue weighted by Crippen LogP contribution is 2.22. The van der Waals surface area contributed by atoms with Crippen LogP contribution in [0.25, 0.3) is 0 Å². The lowest BCUT2D eigenvalue weighted by Gasteiger charge is -2.37. The Hall–Kier alpha value is -0.970. The molecule has 4 heteroatoms. The van der Waals surface area contributed by atoms with Gasteiger partial charge >= 0.3 is 0 Å². The van der Waals surface area contributed by atoms with Crippen molar-refractivity contribution in [3.8, 4) is 0 Å². The van der Waals surface area contributed by atoms with Gasteiger partial charge in [-0.05, 0) is 31.0 Å². The van der Waals surface area contributed by atoms with Crippen LogP contribution in [0.1, 0.15) is 37.9 Å². The highest BCUT2D eigenvalue weighted by atomic mass is 15.3. The summed E-state index contributed by atoms with van der Waals surface area (Å²) in [5.41, 5.74) is 2.47. The molecule has 0 aliphatic carbocycles. The number of aromatic nitrogens is 1. The highest BCUT2D eigenvalue weighted by molar-refractivity contribution is 5.14. The van der Waals surface area contributed by atoms with Gasteiger partial charge in [-0.25, -0.2) is 0 Å². The predicted octanol–water partition coefficient (Wildman–Crippen LogP) is 1.86. The van der Waals surface area contributed by atoms with Crippen molar-refractivity contribution < 1.29 is 0 Å². The second kappa shape index (κ2) is 6.86. The second-order valence-corrected chi connectivity index (χ2v) is 6.76. The number of hydrogen-bond acceptors (Lipinski definition) is 4. The first kappa shape index (κ1) is 14.9. The molecule has 0 amide bonds. The molecule has 2 saturated heterocycles. The topological polar surface area (TPSA) is 31.4 Å². The van der Waals surface area contributed by atoms with Crippen molar-refractivity contribution in [2.45, 2.75) is 51.9 Å². The van der Waals surface area contributed by atoms with E-state index >= 15 is 0 Å². The third-order valence-corrected chi connectivity index (χ3v) is 4.66. The molecule has 0 spiro atoms. The van der Waals surface area contributed by atoms with Crippen molar-refractivity contribution in [1.82, 2.24) is 20.1 Å². The highest BCUT2D eigenvalue weighted by Gasteiger charge is 2.30. The largest absolute Gasteiger partial charge is 0.310 e. The molecular weight excluding hydrogens is 260 g/mol. The molecule has 1 unspecified atom stereocenters. The molecule has 1 aromatic rings. The number of nitrogens with one attached hydrogen (secondary N) is 1. The summed E-state index contributed by atoms with van der Waals surface area (Å²) in [4.78, 5) is 9.87. The molecular formula is C17H28N4. The summed E-state index contributed by atoms with van der Waals surface area (Å²) in [7, 11) is 0. The summed E-state index contributed by atoms with van der Waals surface area (Å²) >= 11 is 0. The minimum atomic E-state index is 0.521. The Morgan fingerprint density at radius 3 is 2.95 bits per heavy atom. The summed E-state index contributed by atoms with van der Waals surface area (Å²) in [5.74, 6) is 0. The lowest BCUT2D eigenvalue weighted by molar-refractivity contribution is 0.0984. The minimum absolute atomic E-state index is 0.521. The molecule has 2 aliphatic rings. The van der Waals surface area contributed by atoms with E-state index in [1.807, 2.05) is 6.20 Å². The van der Waals surface area contributed by atoms with Crippen LogP contribution in [0.2, 0.25) is 0 Å². The molecule has 0 bridgehead atoms. The van der Waals surface area contributed by atoms with Crippen molar-refractivity contribution in [2.24, 2.45) is 0 Å². The normalized spacial score (nSPS) is 23.7. The van der Waals surface area contributed by atoms with Crippen LogP contribution in [0, 0.1) is 0 Å². The Balaban J connectivity index is 1.51. The Kier molecular flexibility index (Phi) is 4.88. The second-order valence-electron chi connectivity index (χ2n) is 6.76. The first-order chi connectivity index (χ1) is 10.2. The molecule has 2 fully saturated rings. The van der Waals surface area contributed by atoms with E-state index in [1.54, 1.807) is 0 Å². The standard InChI is InChI=1S/C17H28N4/c1-14(2)18-10-15-5-6-16(19-11-15)12-20-8-9-21-7-3-4-17(21)13-20/h5-6,11,14,17-18H,3-4,7-10,12-13H2,1-2H3. The van der Waals surface area contributed by atoms with Crippen molar-refractivity contribution in [1.29, 1.82) is 0 Å². The zero-order valence-corrected chi connectivity index (χ0v) is 13.4. The van der Waals surface area contributed by atoms with Crippen LogP contribution in [0.3, 0.4) is 0 Å². The van der Waals surface area contributed by atoms with Gasteiger partial charge in [0.05, 0.1) is 5.69 Å². The van der Waals surface area contributed by atoms with Gasteiger partial charge in [0.25, 0.3) is 0 Å². The molecule has 21 heavy (non-hydrogen) atoms. The van der Waals surface area contributed by atoms with Crippen LogP contribution in [0.4, 0.5) is 0 Å². The zero-order chi connectivity index (χ0) is 14.7. The van der Waals surface area contributed by atoms with Crippen LogP contribution in [0.15, 0.2) is 18.3 Å². The Bertz CT molecular complexity index is 443. The fraction of sp³-hybridized carbons (Fsp3) is 0.706. The van der Waals surface area contributed by atoms with Crippen molar-refractivity contribution >= 4 is 0 Å². The summed E-state index contributed by atoms with van der Waals surface area (Å²) in [6, 6.07) is 5.72. The van der Waals surface area contributed by atoms with E-state index in [4.69, 9.17) is 0 Å². The Labute approximate surface area is 128 Å². The average Bonchev–Trinajstić information content (AvgIpc) is 2.94. The maximum Gasteiger partial charge on any atom is 0.0544 e. The number of hydrogen-bond donors (Lipinski definition) is 1. The van der Waals surface area contributed by atoms with Gasteiger partial charge in [-0.1, -0.05) is 19.9 Å². The summed E-state index contributed by atoms with van der Waals surface area (Å²) in [6.07, 6.45) is 4.79. The van der Waals surface area contributed by atoms with Crippen LogP contribution in [-0.4, -0.2) is 53.0 Å². The zero-order valence-electron chi connectivity index (χ0n) is 13.4. The third kappa shape index (κ3) is 4.02. The van der Waals surface area contributed by atoms with Gasteiger partial charge in [-0.15, -0.1) is 0 Å². The smallest absolute Gasteiger partial charge is 0.0544 e. The molecule has 1 atom stereocenters. The fourth-order valence-corrected chi connectivity index (χ4v) is 3.40. The Morgan fingerprint density at radius 2 is 2.19 bits per heavy atom. The number of nitrogens with zero attached hydrogens (tertiary/aromatic N) is 3. The van der Waals surface area contributed by atoms with Gasteiger partial charge < -0.3 is 5.32 Å². The van der Waals surface area contributed by atoms with Gasteiger partial charge in [0.1, 0.15) is 0 Å². The van der Waals surface area contributed by atoms with E-state index in [-0.39, 0.29) is 0 Å². The van der Waals surface area contributed by atoms with Crippen molar-refractivity contribution in [3.63, 3.8) is 0 Å². The molecule has 2 aliphatic heterocycles. The van der Waals surface area contributed by atoms with Crippen molar-refractivity contribution in [3.05, 3.63) is 29.6 Å². The lowest BCUT2D eigenvalue weighted by Crippen LogP contribution is -2.49. The van der Waals surface area contributed by atoms with Crippen LogP contribution in [0.5, 0.6) is 0 Å². The molecule has 3 rings (SSSR count). The summed E-state index contributed by atoms with van der Waals surface area (Å²) in [5, 5.41) is 3.43. The molecule has 4 nitrogen and oxygen atoms in total. The number of piperazine rings is 1. The SMILES string of the molecule is CC(C)NCc1ccc(CN2CCN3CCCC3C2)nc1. The van der Waals surface area contributed by atoms with Crippen LogP contribution >= 0.6 is 0 Å². The van der Waals surface area contributed by atoms with E-state index in [2.05, 4.69) is 46.1 Å². The van der Waals surface area contributed by atoms with Gasteiger partial charge in [-0.2, -0.15) is 0 Å². The average molecular weight is 288 g/mol. The van der Waals surface area contributed by atoms with Gasteiger partial charge in [0.2, 0.25) is 0 Å². The first-order valence-electron chi connectivity index (χ1n) is 8.34. The van der Waals surface area contributed by atoms with Crippen LogP contribution < -0.4 is 5.32 Å². The van der Waals surface area contributed by atoms with E-state index < -0.39 is 0 Å². The summed E-state index contributed by atoms with van der Waals surface area (Å²) < 4.78 is 0. The quantitative estimate of drug-likeness (QED) is 0.896. The third-order valence-electron chi connectivity index (χ3n) is 4.66. The van der Waals surface area contributed by atoms with Gasteiger partial charge in [-0.3, -0.25) is 14.8 Å². The molecule has 0 saturated carbocycles.